The van der Waals surface area contributed by atoms with E-state index in [1.54, 1.807) is 7.05 Å². The number of methoxy groups -OCH3 is 1. The summed E-state index contributed by atoms with van der Waals surface area (Å²) in [7, 11) is 4.89. The highest BCUT2D eigenvalue weighted by Crippen LogP contribution is 2.53. The summed E-state index contributed by atoms with van der Waals surface area (Å²) < 4.78 is 37.1. The number of nitrogens with zero attached hydrogens (tertiary/aromatic N) is 4. The van der Waals surface area contributed by atoms with Crippen LogP contribution in [0.4, 0.5) is 13.2 Å². The molecule has 3 aliphatic heterocycles. The van der Waals surface area contributed by atoms with Gasteiger partial charge in [-0.25, -0.2) is 9.59 Å². The van der Waals surface area contributed by atoms with Crippen LogP contribution < -0.4 is 0 Å². The number of aliphatic imine (C=N–C) groups is 1. The molecule has 218 valence electrons. The zero-order chi connectivity index (χ0) is 30.1. The number of carbonyl (C=O) groups is 4. The molecular formula is C28H29F3N4O6. The van der Waals surface area contributed by atoms with Crippen molar-refractivity contribution in [3.63, 3.8) is 0 Å². The first-order valence-corrected chi connectivity index (χ1v) is 12.7. The fourth-order valence-corrected chi connectivity index (χ4v) is 6.09. The van der Waals surface area contributed by atoms with Crippen LogP contribution in [0.3, 0.4) is 0 Å². The number of amides is 2. The van der Waals surface area contributed by atoms with Crippen molar-refractivity contribution in [2.75, 3.05) is 27.7 Å². The molecule has 0 aromatic heterocycles. The lowest BCUT2D eigenvalue weighted by molar-refractivity contribution is -0.192. The maximum atomic E-state index is 14.0. The summed E-state index contributed by atoms with van der Waals surface area (Å²) in [5, 5.41) is 7.12. The number of carboxylic acid groups (broad SMARTS) is 1. The van der Waals surface area contributed by atoms with Crippen molar-refractivity contribution < 1.29 is 42.2 Å². The number of imide groups is 1. The van der Waals surface area contributed by atoms with E-state index in [-0.39, 0.29) is 30.8 Å². The Kier molecular flexibility index (Phi) is 8.09. The number of aliphatic carboxylic acids is 1. The molecule has 2 aromatic rings. The van der Waals surface area contributed by atoms with Crippen LogP contribution >= 0.6 is 0 Å². The highest BCUT2D eigenvalue weighted by atomic mass is 19.4. The summed E-state index contributed by atoms with van der Waals surface area (Å²) in [4.78, 5) is 59.9. The zero-order valence-electron chi connectivity index (χ0n) is 22.5. The molecule has 0 spiro atoms. The number of benzene rings is 2. The van der Waals surface area contributed by atoms with Crippen molar-refractivity contribution in [3.05, 3.63) is 71.8 Å². The lowest BCUT2D eigenvalue weighted by Gasteiger charge is -2.40. The third-order valence-electron chi connectivity index (χ3n) is 7.63. The number of halogens is 3. The summed E-state index contributed by atoms with van der Waals surface area (Å²) in [5.74, 6) is -4.75. The molecule has 0 saturated carbocycles. The van der Waals surface area contributed by atoms with Gasteiger partial charge in [-0.05, 0) is 11.1 Å². The van der Waals surface area contributed by atoms with Gasteiger partial charge in [-0.1, -0.05) is 60.7 Å². The Balaban J connectivity index is 0.000000493. The molecule has 0 bridgehead atoms. The molecule has 3 aliphatic rings. The van der Waals surface area contributed by atoms with Crippen molar-refractivity contribution in [1.82, 2.24) is 14.7 Å². The Morgan fingerprint density at radius 1 is 1.02 bits per heavy atom. The number of likely N-dealkylation sites (N-methyl/N-ethyl adjacent to an activating group) is 1. The van der Waals surface area contributed by atoms with E-state index in [2.05, 4.69) is 4.99 Å². The molecule has 4 atom stereocenters. The van der Waals surface area contributed by atoms with Crippen molar-refractivity contribution in [2.24, 2.45) is 16.8 Å². The van der Waals surface area contributed by atoms with Crippen LogP contribution in [0.1, 0.15) is 11.1 Å². The van der Waals surface area contributed by atoms with Gasteiger partial charge in [0.1, 0.15) is 0 Å². The average Bonchev–Trinajstić information content (AvgIpc) is 3.51. The molecule has 0 aliphatic carbocycles. The summed E-state index contributed by atoms with van der Waals surface area (Å²) >= 11 is 0. The molecule has 13 heteroatoms. The molecule has 0 unspecified atom stereocenters. The Bertz CT molecular complexity index is 1350. The molecule has 41 heavy (non-hydrogen) atoms. The Labute approximate surface area is 234 Å². The summed E-state index contributed by atoms with van der Waals surface area (Å²) in [6.45, 7) is 0.685. The number of ether oxygens (including phenoxy) is 1. The number of fused-ring (bicyclic) bond motifs is 3. The van der Waals surface area contributed by atoms with Crippen LogP contribution in [0.25, 0.3) is 0 Å². The number of guanidine groups is 1. The summed E-state index contributed by atoms with van der Waals surface area (Å²) in [6, 6.07) is 18.7. The number of hydrogen-bond donors (Lipinski definition) is 1. The second kappa shape index (κ2) is 11.2. The molecule has 3 heterocycles. The quantitative estimate of drug-likeness (QED) is 0.427. The van der Waals surface area contributed by atoms with Crippen LogP contribution in [0.15, 0.2) is 65.7 Å². The minimum absolute atomic E-state index is 0.186. The van der Waals surface area contributed by atoms with E-state index < -0.39 is 35.5 Å². The minimum atomic E-state index is -5.08. The number of carbonyl (C=O) groups excluding carboxylic acids is 3. The number of alkyl halides is 3. The smallest absolute Gasteiger partial charge is 0.475 e. The predicted octanol–water partition coefficient (Wildman–Crippen LogP) is 2.19. The molecule has 2 amide bonds. The first kappa shape index (κ1) is 29.6. The van der Waals surface area contributed by atoms with Gasteiger partial charge in [0.05, 0.1) is 31.5 Å². The highest BCUT2D eigenvalue weighted by molar-refractivity contribution is 6.11. The normalized spacial score (nSPS) is 26.0. The third kappa shape index (κ3) is 5.11. The van der Waals surface area contributed by atoms with Crippen molar-refractivity contribution in [2.45, 2.75) is 30.7 Å². The van der Waals surface area contributed by atoms with E-state index in [9.17, 15) is 27.6 Å². The number of hydrogen-bond acceptors (Lipinski definition) is 6. The first-order chi connectivity index (χ1) is 19.4. The third-order valence-corrected chi connectivity index (χ3v) is 7.63. The van der Waals surface area contributed by atoms with Crippen LogP contribution in [0.2, 0.25) is 0 Å². The van der Waals surface area contributed by atoms with E-state index in [1.165, 1.54) is 12.0 Å². The van der Waals surface area contributed by atoms with Crippen LogP contribution in [-0.2, 0) is 36.9 Å². The average molecular weight is 575 g/mol. The van der Waals surface area contributed by atoms with Crippen LogP contribution in [-0.4, -0.2) is 95.0 Å². The predicted molar refractivity (Wildman–Crippen MR) is 139 cm³/mol. The lowest BCUT2D eigenvalue weighted by atomic mass is 9.76. The highest BCUT2D eigenvalue weighted by Gasteiger charge is 2.74. The fourth-order valence-electron chi connectivity index (χ4n) is 6.09. The van der Waals surface area contributed by atoms with Crippen molar-refractivity contribution in [3.8, 4) is 0 Å². The Hall–Kier alpha value is -4.42. The van der Waals surface area contributed by atoms with E-state index in [0.29, 0.717) is 12.5 Å². The van der Waals surface area contributed by atoms with E-state index in [4.69, 9.17) is 14.6 Å². The van der Waals surface area contributed by atoms with Gasteiger partial charge in [-0.3, -0.25) is 19.5 Å². The Morgan fingerprint density at radius 2 is 1.56 bits per heavy atom. The van der Waals surface area contributed by atoms with Gasteiger partial charge in [0, 0.05) is 27.1 Å². The number of carboxylic acids is 1. The molecule has 5 rings (SSSR count). The molecule has 1 N–H and O–H groups in total. The van der Waals surface area contributed by atoms with Crippen LogP contribution in [0, 0.1) is 11.8 Å². The molecule has 3 fully saturated rings. The maximum absolute atomic E-state index is 14.0. The molecule has 0 radical (unpaired) electrons. The van der Waals surface area contributed by atoms with E-state index >= 15 is 0 Å². The molecule has 10 nitrogen and oxygen atoms in total. The van der Waals surface area contributed by atoms with Gasteiger partial charge in [0.15, 0.2) is 11.5 Å². The first-order valence-electron chi connectivity index (χ1n) is 12.7. The lowest BCUT2D eigenvalue weighted by Crippen LogP contribution is -2.61. The van der Waals surface area contributed by atoms with Crippen LogP contribution in [0.5, 0.6) is 0 Å². The van der Waals surface area contributed by atoms with Gasteiger partial charge in [0.2, 0.25) is 11.8 Å². The summed E-state index contributed by atoms with van der Waals surface area (Å²) in [5.41, 5.74) is 0.384. The van der Waals surface area contributed by atoms with Gasteiger partial charge >= 0.3 is 18.1 Å². The number of rotatable bonds is 5. The topological polar surface area (TPSA) is 120 Å². The Morgan fingerprint density at radius 3 is 2.05 bits per heavy atom. The van der Waals surface area contributed by atoms with Gasteiger partial charge in [-0.2, -0.15) is 13.2 Å². The maximum Gasteiger partial charge on any atom is 0.490 e. The zero-order valence-corrected chi connectivity index (χ0v) is 22.5. The largest absolute Gasteiger partial charge is 0.490 e. The minimum Gasteiger partial charge on any atom is -0.475 e. The molecule has 3 saturated heterocycles. The van der Waals surface area contributed by atoms with Gasteiger partial charge in [-0.15, -0.1) is 0 Å². The monoisotopic (exact) mass is 574 g/mol. The number of esters is 1. The van der Waals surface area contributed by atoms with E-state index in [0.717, 1.165) is 11.1 Å². The summed E-state index contributed by atoms with van der Waals surface area (Å²) in [6.07, 6.45) is -4.84. The van der Waals surface area contributed by atoms with Crippen molar-refractivity contribution >= 4 is 29.7 Å². The standard InChI is InChI=1S/C26H28N4O4.C2HF3O2/c1-27-25-28(2)16-19-20-21(23(32)29(22(20)31)15-18-12-8-5-9-13-18)26(30(19)25,24(33)34-3)14-17-10-6-4-7-11-17;3-2(4,5)1(6)7/h4-13,19-21H,14-16H2,1-3H3;(H,6,7)/t19-,20+,21-,26-;/m1./s1. The van der Waals surface area contributed by atoms with Gasteiger partial charge in [0.25, 0.3) is 0 Å². The molecular weight excluding hydrogens is 545 g/mol. The van der Waals surface area contributed by atoms with E-state index in [1.807, 2.05) is 77.5 Å². The fraction of sp³-hybridized carbons (Fsp3) is 0.393. The van der Waals surface area contributed by atoms with Gasteiger partial charge < -0.3 is 19.6 Å². The second-order valence-corrected chi connectivity index (χ2v) is 9.97. The second-order valence-electron chi connectivity index (χ2n) is 9.97. The number of likely N-dealkylation sites (tertiary alicyclic amines) is 1. The molecule has 2 aromatic carbocycles. The SMILES string of the molecule is CN=C1N(C)C[C@@H]2[C@@H]3C(=O)N(Cc4ccccc4)C(=O)[C@@H]3[C@](Cc3ccccc3)(C(=O)OC)N12.O=C(O)C(F)(F)F. The van der Waals surface area contributed by atoms with Crippen molar-refractivity contribution in [1.29, 1.82) is 0 Å².